The van der Waals surface area contributed by atoms with Gasteiger partial charge in [0.2, 0.25) is 0 Å². The van der Waals surface area contributed by atoms with Gasteiger partial charge < -0.3 is 14.6 Å². The van der Waals surface area contributed by atoms with Crippen LogP contribution in [0.1, 0.15) is 29.8 Å². The highest BCUT2D eigenvalue weighted by Crippen LogP contribution is 2.34. The average Bonchev–Trinajstić information content (AvgIpc) is 2.26. The second-order valence-electron chi connectivity index (χ2n) is 4.70. The summed E-state index contributed by atoms with van der Waals surface area (Å²) in [7, 11) is 0. The number of Topliss-reactive ketones (excluding diaryl/α,β-unsaturated/α-hetero) is 1. The molecule has 2 rings (SSSR count). The molecule has 0 saturated heterocycles. The second kappa shape index (κ2) is 4.04. The van der Waals surface area contributed by atoms with Crippen molar-refractivity contribution < 1.29 is 19.4 Å². The van der Waals surface area contributed by atoms with Gasteiger partial charge in [-0.1, -0.05) is 0 Å². The molecule has 1 aromatic carbocycles. The summed E-state index contributed by atoms with van der Waals surface area (Å²) in [5, 5.41) is 9.75. The Kier molecular flexibility index (Phi) is 2.83. The standard InChI is InChI=1S/C13H16O4/c1-8-6-10-11(17-5-4-16-10)7-9(8)12(14)13(2,3)15/h6-7,15H,4-5H2,1-3H3. The maximum Gasteiger partial charge on any atom is 0.194 e. The normalized spacial score (nSPS) is 14.6. The summed E-state index contributed by atoms with van der Waals surface area (Å²) in [4.78, 5) is 12.0. The fourth-order valence-corrected chi connectivity index (χ4v) is 1.76. The van der Waals surface area contributed by atoms with E-state index in [4.69, 9.17) is 9.47 Å². The molecule has 1 aliphatic heterocycles. The zero-order chi connectivity index (χ0) is 12.6. The van der Waals surface area contributed by atoms with Crippen molar-refractivity contribution in [1.82, 2.24) is 0 Å². The fourth-order valence-electron chi connectivity index (χ4n) is 1.76. The van der Waals surface area contributed by atoms with E-state index in [-0.39, 0.29) is 5.78 Å². The van der Waals surface area contributed by atoms with Gasteiger partial charge in [-0.2, -0.15) is 0 Å². The lowest BCUT2D eigenvalue weighted by Crippen LogP contribution is -2.31. The van der Waals surface area contributed by atoms with Gasteiger partial charge >= 0.3 is 0 Å². The maximum absolute atomic E-state index is 12.0. The number of rotatable bonds is 2. The molecule has 0 amide bonds. The number of hydrogen-bond donors (Lipinski definition) is 1. The number of hydrogen-bond acceptors (Lipinski definition) is 4. The van der Waals surface area contributed by atoms with Gasteiger partial charge in [0.05, 0.1) is 0 Å². The topological polar surface area (TPSA) is 55.8 Å². The number of ether oxygens (including phenoxy) is 2. The van der Waals surface area contributed by atoms with Crippen LogP contribution in [0.15, 0.2) is 12.1 Å². The van der Waals surface area contributed by atoms with Gasteiger partial charge in [0.25, 0.3) is 0 Å². The monoisotopic (exact) mass is 236 g/mol. The molecular formula is C13H16O4. The Balaban J connectivity index is 2.45. The minimum Gasteiger partial charge on any atom is -0.486 e. The Bertz CT molecular complexity index is 457. The molecule has 0 bridgehead atoms. The molecule has 0 aromatic heterocycles. The van der Waals surface area contributed by atoms with E-state index in [1.165, 1.54) is 13.8 Å². The summed E-state index contributed by atoms with van der Waals surface area (Å²) in [5.41, 5.74) is -0.128. The van der Waals surface area contributed by atoms with Crippen LogP contribution in [-0.2, 0) is 0 Å². The summed E-state index contributed by atoms with van der Waals surface area (Å²) in [6.45, 7) is 5.77. The van der Waals surface area contributed by atoms with Crippen molar-refractivity contribution in [3.63, 3.8) is 0 Å². The minimum atomic E-state index is -1.38. The van der Waals surface area contributed by atoms with Crippen LogP contribution in [0.25, 0.3) is 0 Å². The van der Waals surface area contributed by atoms with Crippen LogP contribution in [0.4, 0.5) is 0 Å². The predicted octanol–water partition coefficient (Wildman–Crippen LogP) is 1.72. The third kappa shape index (κ3) is 2.26. The first kappa shape index (κ1) is 11.9. The summed E-state index contributed by atoms with van der Waals surface area (Å²) in [5.74, 6) is 0.905. The van der Waals surface area contributed by atoms with Gasteiger partial charge in [0.1, 0.15) is 18.8 Å². The van der Waals surface area contributed by atoms with Gasteiger partial charge in [-0.3, -0.25) is 4.79 Å². The molecule has 4 nitrogen and oxygen atoms in total. The van der Waals surface area contributed by atoms with Crippen molar-refractivity contribution in [1.29, 1.82) is 0 Å². The smallest absolute Gasteiger partial charge is 0.194 e. The SMILES string of the molecule is Cc1cc2c(cc1C(=O)C(C)(C)O)OCCO2. The number of fused-ring (bicyclic) bond motifs is 1. The largest absolute Gasteiger partial charge is 0.486 e. The van der Waals surface area contributed by atoms with Gasteiger partial charge in [-0.05, 0) is 38.5 Å². The summed E-state index contributed by atoms with van der Waals surface area (Å²) in [6, 6.07) is 3.41. The lowest BCUT2D eigenvalue weighted by atomic mass is 9.93. The first-order valence-electron chi connectivity index (χ1n) is 5.57. The van der Waals surface area contributed by atoms with Crippen LogP contribution < -0.4 is 9.47 Å². The Hall–Kier alpha value is -1.55. The zero-order valence-electron chi connectivity index (χ0n) is 10.2. The number of aliphatic hydroxyl groups is 1. The zero-order valence-corrected chi connectivity index (χ0v) is 10.2. The second-order valence-corrected chi connectivity index (χ2v) is 4.70. The Morgan fingerprint density at radius 3 is 2.29 bits per heavy atom. The molecule has 1 N–H and O–H groups in total. The molecule has 1 heterocycles. The molecule has 4 heteroatoms. The maximum atomic E-state index is 12.0. The highest BCUT2D eigenvalue weighted by Gasteiger charge is 2.28. The first-order chi connectivity index (χ1) is 7.89. The van der Waals surface area contributed by atoms with E-state index in [0.29, 0.717) is 30.3 Å². The van der Waals surface area contributed by atoms with Gasteiger partial charge in [-0.25, -0.2) is 0 Å². The van der Waals surface area contributed by atoms with Crippen LogP contribution in [0.2, 0.25) is 0 Å². The van der Waals surface area contributed by atoms with E-state index >= 15 is 0 Å². The molecule has 0 saturated carbocycles. The van der Waals surface area contributed by atoms with E-state index in [1.54, 1.807) is 12.1 Å². The average molecular weight is 236 g/mol. The number of ketones is 1. The minimum absolute atomic E-state index is 0.313. The lowest BCUT2D eigenvalue weighted by molar-refractivity contribution is 0.0486. The van der Waals surface area contributed by atoms with E-state index in [1.807, 2.05) is 6.92 Å². The number of carbonyl (C=O) groups excluding carboxylic acids is 1. The molecule has 0 fully saturated rings. The predicted molar refractivity (Wildman–Crippen MR) is 62.8 cm³/mol. The van der Waals surface area contributed by atoms with Crippen LogP contribution in [0, 0.1) is 6.92 Å². The molecule has 0 spiro atoms. The summed E-state index contributed by atoms with van der Waals surface area (Å²) < 4.78 is 10.8. The highest BCUT2D eigenvalue weighted by atomic mass is 16.6. The number of carbonyl (C=O) groups is 1. The molecular weight excluding hydrogens is 220 g/mol. The van der Waals surface area contributed by atoms with Crippen molar-refractivity contribution in [3.05, 3.63) is 23.3 Å². The Morgan fingerprint density at radius 1 is 1.24 bits per heavy atom. The van der Waals surface area contributed by atoms with Crippen molar-refractivity contribution in [2.24, 2.45) is 0 Å². The summed E-state index contributed by atoms with van der Waals surface area (Å²) in [6.07, 6.45) is 0. The Labute approximate surface area is 100 Å². The Morgan fingerprint density at radius 2 is 1.76 bits per heavy atom. The molecule has 92 valence electrons. The third-order valence-corrected chi connectivity index (χ3v) is 2.69. The lowest BCUT2D eigenvalue weighted by Gasteiger charge is -2.22. The van der Waals surface area contributed by atoms with E-state index in [9.17, 15) is 9.90 Å². The van der Waals surface area contributed by atoms with Gasteiger partial charge in [0.15, 0.2) is 17.3 Å². The molecule has 0 aliphatic carbocycles. The quantitative estimate of drug-likeness (QED) is 0.794. The van der Waals surface area contributed by atoms with E-state index < -0.39 is 5.60 Å². The van der Waals surface area contributed by atoms with Crippen molar-refractivity contribution >= 4 is 5.78 Å². The van der Waals surface area contributed by atoms with Crippen LogP contribution >= 0.6 is 0 Å². The number of aryl methyl sites for hydroxylation is 1. The number of benzene rings is 1. The van der Waals surface area contributed by atoms with Gasteiger partial charge in [0, 0.05) is 5.56 Å². The molecule has 1 aromatic rings. The van der Waals surface area contributed by atoms with Crippen molar-refractivity contribution in [2.75, 3.05) is 13.2 Å². The van der Waals surface area contributed by atoms with E-state index in [2.05, 4.69) is 0 Å². The van der Waals surface area contributed by atoms with Gasteiger partial charge in [-0.15, -0.1) is 0 Å². The third-order valence-electron chi connectivity index (χ3n) is 2.69. The van der Waals surface area contributed by atoms with E-state index in [0.717, 1.165) is 5.56 Å². The fraction of sp³-hybridized carbons (Fsp3) is 0.462. The molecule has 17 heavy (non-hydrogen) atoms. The van der Waals surface area contributed by atoms with Crippen LogP contribution in [0.5, 0.6) is 11.5 Å². The first-order valence-corrected chi connectivity index (χ1v) is 5.57. The van der Waals surface area contributed by atoms with Crippen molar-refractivity contribution in [3.8, 4) is 11.5 Å². The summed E-state index contributed by atoms with van der Waals surface area (Å²) >= 11 is 0. The van der Waals surface area contributed by atoms with Crippen molar-refractivity contribution in [2.45, 2.75) is 26.4 Å². The molecule has 0 radical (unpaired) electrons. The molecule has 0 atom stereocenters. The van der Waals surface area contributed by atoms with Crippen LogP contribution in [-0.4, -0.2) is 29.7 Å². The molecule has 1 aliphatic rings. The highest BCUT2D eigenvalue weighted by molar-refractivity contribution is 6.03. The van der Waals surface area contributed by atoms with Crippen LogP contribution in [0.3, 0.4) is 0 Å². The molecule has 0 unspecified atom stereocenters.